The maximum Gasteiger partial charge on any atom is 0.244 e. The van der Waals surface area contributed by atoms with Crippen molar-refractivity contribution in [2.45, 2.75) is 17.4 Å². The van der Waals surface area contributed by atoms with Gasteiger partial charge in [0, 0.05) is 16.6 Å². The number of hydrogen-bond acceptors (Lipinski definition) is 4. The molecule has 1 aromatic rings. The van der Waals surface area contributed by atoms with Crippen LogP contribution in [-0.2, 0) is 19.9 Å². The van der Waals surface area contributed by atoms with Crippen molar-refractivity contribution >= 4 is 35.8 Å². The fourth-order valence-corrected chi connectivity index (χ4v) is 6.17. The van der Waals surface area contributed by atoms with Crippen molar-refractivity contribution in [3.05, 3.63) is 28.2 Å². The maximum absolute atomic E-state index is 13.6. The Hall–Kier alpha value is -0.580. The van der Waals surface area contributed by atoms with Crippen molar-refractivity contribution in [2.75, 3.05) is 11.5 Å². The lowest BCUT2D eigenvalue weighted by molar-refractivity contribution is 0.533. The Morgan fingerprint density at radius 2 is 1.95 bits per heavy atom. The second-order valence-electron chi connectivity index (χ2n) is 4.42. The average molecular weight is 390 g/mol. The standard InChI is InChI=1S/C10H10BrF2NO4S2/c11-8-3-6(12)4-9(13)10(8)20(17,18)14-7-1-2-19(15,16)5-7/h3-4,7,14H,1-2,5H2. The molecule has 1 aliphatic heterocycles. The highest BCUT2D eigenvalue weighted by Crippen LogP contribution is 2.27. The molecule has 0 bridgehead atoms. The highest BCUT2D eigenvalue weighted by atomic mass is 79.9. The molecule has 10 heteroatoms. The van der Waals surface area contributed by atoms with Gasteiger partial charge in [-0.05, 0) is 28.4 Å². The van der Waals surface area contributed by atoms with Gasteiger partial charge in [0.05, 0.1) is 11.5 Å². The lowest BCUT2D eigenvalue weighted by Crippen LogP contribution is -2.36. The van der Waals surface area contributed by atoms with E-state index in [1.54, 1.807) is 0 Å². The van der Waals surface area contributed by atoms with Gasteiger partial charge in [0.1, 0.15) is 16.5 Å². The smallest absolute Gasteiger partial charge is 0.229 e. The van der Waals surface area contributed by atoms with Crippen LogP contribution in [0.1, 0.15) is 6.42 Å². The van der Waals surface area contributed by atoms with Crippen LogP contribution in [0.25, 0.3) is 0 Å². The predicted octanol–water partition coefficient (Wildman–Crippen LogP) is 1.19. The van der Waals surface area contributed by atoms with Crippen LogP contribution < -0.4 is 4.72 Å². The van der Waals surface area contributed by atoms with Crippen LogP contribution in [0.2, 0.25) is 0 Å². The molecule has 1 fully saturated rings. The van der Waals surface area contributed by atoms with Gasteiger partial charge in [-0.15, -0.1) is 0 Å². The molecule has 0 aromatic heterocycles. The van der Waals surface area contributed by atoms with E-state index in [0.29, 0.717) is 6.07 Å². The largest absolute Gasteiger partial charge is 0.244 e. The number of benzene rings is 1. The molecule has 1 aliphatic rings. The molecular formula is C10H10BrF2NO4S2. The Labute approximate surface area is 123 Å². The summed E-state index contributed by atoms with van der Waals surface area (Å²) in [5, 5.41) is 0. The number of halogens is 3. The molecule has 1 saturated heterocycles. The summed E-state index contributed by atoms with van der Waals surface area (Å²) < 4.78 is 75.1. The summed E-state index contributed by atoms with van der Waals surface area (Å²) in [6, 6.07) is 0.467. The second-order valence-corrected chi connectivity index (χ2v) is 9.15. The van der Waals surface area contributed by atoms with Crippen LogP contribution in [0, 0.1) is 11.6 Å². The van der Waals surface area contributed by atoms with Crippen LogP contribution in [0.15, 0.2) is 21.5 Å². The monoisotopic (exact) mass is 389 g/mol. The van der Waals surface area contributed by atoms with E-state index in [4.69, 9.17) is 0 Å². The molecule has 5 nitrogen and oxygen atoms in total. The van der Waals surface area contributed by atoms with E-state index < -0.39 is 42.4 Å². The molecule has 1 atom stereocenters. The zero-order valence-electron chi connectivity index (χ0n) is 9.94. The molecule has 0 radical (unpaired) electrons. The SMILES string of the molecule is O=S1(=O)CCC(NS(=O)(=O)c2c(F)cc(F)cc2Br)C1. The third-order valence-electron chi connectivity index (χ3n) is 2.79. The van der Waals surface area contributed by atoms with Crippen LogP contribution in [0.4, 0.5) is 8.78 Å². The summed E-state index contributed by atoms with van der Waals surface area (Å²) >= 11 is 2.79. The normalized spacial score (nSPS) is 22.1. The molecule has 1 N–H and O–H groups in total. The topological polar surface area (TPSA) is 80.3 Å². The number of hydrogen-bond donors (Lipinski definition) is 1. The van der Waals surface area contributed by atoms with Gasteiger partial charge in [0.2, 0.25) is 10.0 Å². The number of sulfonamides is 1. The lowest BCUT2D eigenvalue weighted by atomic mass is 10.3. The zero-order valence-corrected chi connectivity index (χ0v) is 13.2. The third-order valence-corrected chi connectivity index (χ3v) is 7.04. The van der Waals surface area contributed by atoms with Crippen molar-refractivity contribution < 1.29 is 25.6 Å². The first-order chi connectivity index (χ1) is 9.11. The van der Waals surface area contributed by atoms with E-state index in [-0.39, 0.29) is 22.4 Å². The summed E-state index contributed by atoms with van der Waals surface area (Å²) in [5.41, 5.74) is 0. The van der Waals surface area contributed by atoms with Gasteiger partial charge < -0.3 is 0 Å². The summed E-state index contributed by atoms with van der Waals surface area (Å²) in [7, 11) is -7.54. The summed E-state index contributed by atoms with van der Waals surface area (Å²) in [4.78, 5) is -0.733. The fraction of sp³-hybridized carbons (Fsp3) is 0.400. The first-order valence-electron chi connectivity index (χ1n) is 5.48. The van der Waals surface area contributed by atoms with Gasteiger partial charge in [0.25, 0.3) is 0 Å². The van der Waals surface area contributed by atoms with E-state index in [1.165, 1.54) is 0 Å². The maximum atomic E-state index is 13.6. The second kappa shape index (κ2) is 5.32. The van der Waals surface area contributed by atoms with E-state index in [0.717, 1.165) is 6.07 Å². The van der Waals surface area contributed by atoms with E-state index in [9.17, 15) is 25.6 Å². The minimum absolute atomic E-state index is 0.118. The quantitative estimate of drug-likeness (QED) is 0.841. The number of rotatable bonds is 3. The Bertz CT molecular complexity index is 726. The first kappa shape index (κ1) is 15.8. The van der Waals surface area contributed by atoms with Crippen molar-refractivity contribution in [1.82, 2.24) is 4.72 Å². The average Bonchev–Trinajstić information content (AvgIpc) is 2.54. The van der Waals surface area contributed by atoms with E-state index >= 15 is 0 Å². The van der Waals surface area contributed by atoms with Crippen molar-refractivity contribution in [3.63, 3.8) is 0 Å². The van der Waals surface area contributed by atoms with Crippen molar-refractivity contribution in [1.29, 1.82) is 0 Å². The molecule has 1 unspecified atom stereocenters. The molecule has 20 heavy (non-hydrogen) atoms. The number of sulfone groups is 1. The molecule has 0 amide bonds. The summed E-state index contributed by atoms with van der Waals surface area (Å²) in [6.07, 6.45) is 0.127. The zero-order chi connectivity index (χ0) is 15.1. The molecule has 0 spiro atoms. The van der Waals surface area contributed by atoms with E-state index in [2.05, 4.69) is 20.7 Å². The Morgan fingerprint density at radius 3 is 2.45 bits per heavy atom. The van der Waals surface area contributed by atoms with Gasteiger partial charge in [-0.1, -0.05) is 0 Å². The van der Waals surface area contributed by atoms with Crippen LogP contribution >= 0.6 is 15.9 Å². The van der Waals surface area contributed by atoms with Gasteiger partial charge in [-0.2, -0.15) is 0 Å². The first-order valence-corrected chi connectivity index (χ1v) is 9.58. The van der Waals surface area contributed by atoms with Crippen LogP contribution in [0.3, 0.4) is 0 Å². The van der Waals surface area contributed by atoms with Gasteiger partial charge >= 0.3 is 0 Å². The molecular weight excluding hydrogens is 380 g/mol. The minimum atomic E-state index is -4.27. The molecule has 1 heterocycles. The fourth-order valence-electron chi connectivity index (χ4n) is 1.95. The molecule has 1 aromatic carbocycles. The predicted molar refractivity (Wildman–Crippen MR) is 71.4 cm³/mol. The lowest BCUT2D eigenvalue weighted by Gasteiger charge is -2.13. The van der Waals surface area contributed by atoms with Gasteiger partial charge in [0.15, 0.2) is 9.84 Å². The molecule has 112 valence electrons. The van der Waals surface area contributed by atoms with Crippen LogP contribution in [0.5, 0.6) is 0 Å². The Kier molecular flexibility index (Phi) is 4.20. The molecule has 0 aliphatic carbocycles. The Balaban J connectivity index is 2.33. The van der Waals surface area contributed by atoms with Crippen molar-refractivity contribution in [2.24, 2.45) is 0 Å². The minimum Gasteiger partial charge on any atom is -0.229 e. The number of nitrogens with one attached hydrogen (secondary N) is 1. The highest BCUT2D eigenvalue weighted by molar-refractivity contribution is 9.10. The van der Waals surface area contributed by atoms with Gasteiger partial charge in [-0.3, -0.25) is 0 Å². The van der Waals surface area contributed by atoms with E-state index in [1.807, 2.05) is 0 Å². The highest BCUT2D eigenvalue weighted by Gasteiger charge is 2.33. The van der Waals surface area contributed by atoms with Gasteiger partial charge in [-0.25, -0.2) is 30.3 Å². The Morgan fingerprint density at radius 1 is 1.30 bits per heavy atom. The molecule has 2 rings (SSSR count). The van der Waals surface area contributed by atoms with Crippen LogP contribution in [-0.4, -0.2) is 34.4 Å². The summed E-state index contributed by atoms with van der Waals surface area (Å²) in [6.45, 7) is 0. The van der Waals surface area contributed by atoms with Crippen molar-refractivity contribution in [3.8, 4) is 0 Å². The molecule has 0 saturated carbocycles. The summed E-state index contributed by atoms with van der Waals surface area (Å²) in [5.74, 6) is -2.61. The third kappa shape index (κ3) is 3.35.